The van der Waals surface area contributed by atoms with Crippen LogP contribution in [-0.4, -0.2) is 27.8 Å². The minimum absolute atomic E-state index is 0.260. The zero-order chi connectivity index (χ0) is 18.2. The smallest absolute Gasteiger partial charge is 0.231 e. The van der Waals surface area contributed by atoms with Gasteiger partial charge in [0, 0.05) is 17.3 Å². The molecule has 0 radical (unpaired) electrons. The molecule has 2 aromatic carbocycles. The molecule has 6 heteroatoms. The second-order valence-electron chi connectivity index (χ2n) is 6.17. The van der Waals surface area contributed by atoms with Crippen molar-refractivity contribution in [3.8, 4) is 39.8 Å². The van der Waals surface area contributed by atoms with Crippen LogP contribution in [-0.2, 0) is 0 Å². The topological polar surface area (TPSA) is 57.9 Å². The standard InChI is InChI=1S/C21H17N3O3/c1-2-25-16-5-3-4-14(8-16)17-12-24-18(10-23-21(24)11-22-17)15-6-7-19-20(9-15)27-13-26-19/h3-12H,2,13H2,1H3. The van der Waals surface area contributed by atoms with Crippen LogP contribution < -0.4 is 14.2 Å². The van der Waals surface area contributed by atoms with Gasteiger partial charge in [0.25, 0.3) is 0 Å². The van der Waals surface area contributed by atoms with E-state index in [0.717, 1.165) is 45.4 Å². The Kier molecular flexibility index (Phi) is 3.67. The normalized spacial score (nSPS) is 12.5. The molecule has 0 saturated heterocycles. The molecule has 6 nitrogen and oxygen atoms in total. The third kappa shape index (κ3) is 2.75. The first-order valence-electron chi connectivity index (χ1n) is 8.78. The molecule has 0 amide bonds. The van der Waals surface area contributed by atoms with Crippen LogP contribution in [0.1, 0.15) is 6.92 Å². The van der Waals surface area contributed by atoms with E-state index in [4.69, 9.17) is 14.2 Å². The van der Waals surface area contributed by atoms with Crippen molar-refractivity contribution >= 4 is 5.65 Å². The van der Waals surface area contributed by atoms with E-state index in [-0.39, 0.29) is 6.79 Å². The summed E-state index contributed by atoms with van der Waals surface area (Å²) >= 11 is 0. The fraction of sp³-hybridized carbons (Fsp3) is 0.143. The lowest BCUT2D eigenvalue weighted by Gasteiger charge is -2.08. The summed E-state index contributed by atoms with van der Waals surface area (Å²) < 4.78 is 18.5. The van der Waals surface area contributed by atoms with Gasteiger partial charge in [-0.3, -0.25) is 9.38 Å². The molecule has 0 atom stereocenters. The third-order valence-corrected chi connectivity index (χ3v) is 4.51. The Morgan fingerprint density at radius 3 is 2.85 bits per heavy atom. The number of hydrogen-bond acceptors (Lipinski definition) is 5. The zero-order valence-corrected chi connectivity index (χ0v) is 14.8. The van der Waals surface area contributed by atoms with Crippen LogP contribution in [0.4, 0.5) is 0 Å². The minimum Gasteiger partial charge on any atom is -0.494 e. The van der Waals surface area contributed by atoms with Gasteiger partial charge in [-0.05, 0) is 37.3 Å². The fourth-order valence-electron chi connectivity index (χ4n) is 3.22. The SMILES string of the molecule is CCOc1cccc(-c2cn3c(-c4ccc5c(c4)OCO5)cnc3cn2)c1. The zero-order valence-electron chi connectivity index (χ0n) is 14.8. The predicted molar refractivity (Wildman–Crippen MR) is 101 cm³/mol. The van der Waals surface area contributed by atoms with Gasteiger partial charge >= 0.3 is 0 Å². The van der Waals surface area contributed by atoms with E-state index in [0.29, 0.717) is 6.61 Å². The maximum Gasteiger partial charge on any atom is 0.231 e. The summed E-state index contributed by atoms with van der Waals surface area (Å²) in [6.07, 6.45) is 5.61. The number of imidazole rings is 1. The van der Waals surface area contributed by atoms with E-state index >= 15 is 0 Å². The number of benzene rings is 2. The molecule has 3 heterocycles. The maximum absolute atomic E-state index is 5.60. The van der Waals surface area contributed by atoms with E-state index in [1.165, 1.54) is 0 Å². The van der Waals surface area contributed by atoms with E-state index in [2.05, 4.69) is 9.97 Å². The molecule has 0 N–H and O–H groups in total. The van der Waals surface area contributed by atoms with Gasteiger partial charge in [-0.15, -0.1) is 0 Å². The molecule has 2 aromatic heterocycles. The summed E-state index contributed by atoms with van der Waals surface area (Å²) in [5, 5.41) is 0. The molecule has 134 valence electrons. The van der Waals surface area contributed by atoms with Gasteiger partial charge in [-0.1, -0.05) is 12.1 Å². The molecule has 0 bridgehead atoms. The summed E-state index contributed by atoms with van der Waals surface area (Å²) in [5.41, 5.74) is 4.60. The number of nitrogens with zero attached hydrogens (tertiary/aromatic N) is 3. The highest BCUT2D eigenvalue weighted by Gasteiger charge is 2.16. The van der Waals surface area contributed by atoms with Crippen LogP contribution in [0.3, 0.4) is 0 Å². The number of rotatable bonds is 4. The van der Waals surface area contributed by atoms with E-state index < -0.39 is 0 Å². The number of hydrogen-bond donors (Lipinski definition) is 0. The van der Waals surface area contributed by atoms with Gasteiger partial charge in [0.2, 0.25) is 6.79 Å². The first kappa shape index (κ1) is 15.7. The van der Waals surface area contributed by atoms with Crippen LogP contribution in [0.25, 0.3) is 28.2 Å². The summed E-state index contributed by atoms with van der Waals surface area (Å²) in [6, 6.07) is 13.8. The minimum atomic E-state index is 0.260. The van der Waals surface area contributed by atoms with Crippen molar-refractivity contribution in [3.05, 3.63) is 61.1 Å². The average molecular weight is 359 g/mol. The van der Waals surface area contributed by atoms with Crippen LogP contribution in [0.15, 0.2) is 61.1 Å². The van der Waals surface area contributed by atoms with Crippen molar-refractivity contribution < 1.29 is 14.2 Å². The van der Waals surface area contributed by atoms with E-state index in [9.17, 15) is 0 Å². The van der Waals surface area contributed by atoms with E-state index in [1.807, 2.05) is 66.2 Å². The van der Waals surface area contributed by atoms with Crippen LogP contribution >= 0.6 is 0 Å². The van der Waals surface area contributed by atoms with Gasteiger partial charge < -0.3 is 14.2 Å². The van der Waals surface area contributed by atoms with Gasteiger partial charge in [0.1, 0.15) is 5.75 Å². The number of ether oxygens (including phenoxy) is 3. The molecule has 0 fully saturated rings. The summed E-state index contributed by atoms with van der Waals surface area (Å²) in [4.78, 5) is 9.03. The number of fused-ring (bicyclic) bond motifs is 2. The molecule has 0 spiro atoms. The molecule has 0 aliphatic carbocycles. The molecule has 0 unspecified atom stereocenters. The highest BCUT2D eigenvalue weighted by Crippen LogP contribution is 2.36. The Balaban J connectivity index is 1.60. The second kappa shape index (κ2) is 6.32. The quantitative estimate of drug-likeness (QED) is 0.547. The lowest BCUT2D eigenvalue weighted by atomic mass is 10.1. The van der Waals surface area contributed by atoms with Crippen LogP contribution in [0.2, 0.25) is 0 Å². The van der Waals surface area contributed by atoms with E-state index in [1.54, 1.807) is 6.20 Å². The molecule has 5 rings (SSSR count). The highest BCUT2D eigenvalue weighted by atomic mass is 16.7. The van der Waals surface area contributed by atoms with Gasteiger partial charge in [-0.25, -0.2) is 4.98 Å². The highest BCUT2D eigenvalue weighted by molar-refractivity contribution is 5.69. The van der Waals surface area contributed by atoms with Crippen molar-refractivity contribution in [2.24, 2.45) is 0 Å². The first-order chi connectivity index (χ1) is 13.3. The lowest BCUT2D eigenvalue weighted by molar-refractivity contribution is 0.174. The summed E-state index contributed by atoms with van der Waals surface area (Å²) in [7, 11) is 0. The Hall–Kier alpha value is -3.54. The maximum atomic E-state index is 5.60. The number of aromatic nitrogens is 3. The van der Waals surface area contributed by atoms with Gasteiger partial charge in [-0.2, -0.15) is 0 Å². The summed E-state index contributed by atoms with van der Waals surface area (Å²) in [5.74, 6) is 2.35. The van der Waals surface area contributed by atoms with Crippen molar-refractivity contribution in [3.63, 3.8) is 0 Å². The van der Waals surface area contributed by atoms with Crippen molar-refractivity contribution in [1.82, 2.24) is 14.4 Å². The molecule has 0 saturated carbocycles. The molecule has 4 aromatic rings. The lowest BCUT2D eigenvalue weighted by Crippen LogP contribution is -1.95. The predicted octanol–water partition coefficient (Wildman–Crippen LogP) is 4.19. The van der Waals surface area contributed by atoms with Gasteiger partial charge in [0.15, 0.2) is 17.1 Å². The summed E-state index contributed by atoms with van der Waals surface area (Å²) in [6.45, 7) is 2.86. The Bertz CT molecular complexity index is 1140. The molecule has 1 aliphatic heterocycles. The Labute approximate surface area is 156 Å². The van der Waals surface area contributed by atoms with Gasteiger partial charge in [0.05, 0.1) is 30.4 Å². The molecular formula is C21H17N3O3. The molecule has 1 aliphatic rings. The average Bonchev–Trinajstić information content (AvgIpc) is 3.34. The Morgan fingerprint density at radius 1 is 1.00 bits per heavy atom. The fourth-order valence-corrected chi connectivity index (χ4v) is 3.22. The van der Waals surface area contributed by atoms with Crippen molar-refractivity contribution in [1.29, 1.82) is 0 Å². The molecular weight excluding hydrogens is 342 g/mol. The molecule has 27 heavy (non-hydrogen) atoms. The van der Waals surface area contributed by atoms with Crippen LogP contribution in [0.5, 0.6) is 17.2 Å². The monoisotopic (exact) mass is 359 g/mol. The third-order valence-electron chi connectivity index (χ3n) is 4.51. The largest absolute Gasteiger partial charge is 0.494 e. The van der Waals surface area contributed by atoms with Crippen molar-refractivity contribution in [2.45, 2.75) is 6.92 Å². The van der Waals surface area contributed by atoms with Crippen molar-refractivity contribution in [2.75, 3.05) is 13.4 Å². The second-order valence-corrected chi connectivity index (χ2v) is 6.17. The first-order valence-corrected chi connectivity index (χ1v) is 8.78. The van der Waals surface area contributed by atoms with Crippen LogP contribution in [0, 0.1) is 0 Å². The Morgan fingerprint density at radius 2 is 1.93 bits per heavy atom.